The summed E-state index contributed by atoms with van der Waals surface area (Å²) in [6, 6.07) is 14.4. The lowest BCUT2D eigenvalue weighted by atomic mass is 10.1. The van der Waals surface area contributed by atoms with Crippen LogP contribution >= 0.6 is 11.8 Å². The molecule has 0 unspecified atom stereocenters. The fourth-order valence-corrected chi connectivity index (χ4v) is 4.02. The van der Waals surface area contributed by atoms with Crippen molar-refractivity contribution in [3.63, 3.8) is 0 Å². The molecule has 1 N–H and O–H groups in total. The Bertz CT molecular complexity index is 1300. The third kappa shape index (κ3) is 4.28. The number of nitrogens with zero attached hydrogens (tertiary/aromatic N) is 2. The van der Waals surface area contributed by atoms with Gasteiger partial charge in [-0.25, -0.2) is 19.6 Å². The molecule has 0 atom stereocenters. The van der Waals surface area contributed by atoms with E-state index in [4.69, 9.17) is 14.1 Å². The number of rotatable bonds is 5. The molecule has 0 aliphatic carbocycles. The highest BCUT2D eigenvalue weighted by atomic mass is 32.2. The van der Waals surface area contributed by atoms with Crippen LogP contribution in [0.15, 0.2) is 62.8 Å². The largest absolute Gasteiger partial charge is 0.450 e. The van der Waals surface area contributed by atoms with Gasteiger partial charge in [0.15, 0.2) is 0 Å². The van der Waals surface area contributed by atoms with Gasteiger partial charge in [0.25, 0.3) is 0 Å². The normalized spacial score (nSPS) is 11.0. The third-order valence-corrected chi connectivity index (χ3v) is 5.53. The number of para-hydroxylation sites is 2. The lowest BCUT2D eigenvalue weighted by molar-refractivity contribution is 0.168. The standard InChI is InChI=1S/C22H19N3O4S/c1-3-28-22(27)24-15-8-9-16-14(10-20(26)29-19(16)11-15)12-30-21-13(2)23-17-6-4-5-7-18(17)25-21/h4-11H,3,12H2,1-2H3,(H,24,27). The summed E-state index contributed by atoms with van der Waals surface area (Å²) in [5.41, 5.74) is 3.78. The molecule has 0 radical (unpaired) electrons. The molecule has 7 nitrogen and oxygen atoms in total. The van der Waals surface area contributed by atoms with E-state index < -0.39 is 11.7 Å². The first kappa shape index (κ1) is 19.9. The number of hydrogen-bond donors (Lipinski definition) is 1. The Labute approximate surface area is 176 Å². The number of benzene rings is 2. The van der Waals surface area contributed by atoms with E-state index in [1.807, 2.05) is 37.3 Å². The topological polar surface area (TPSA) is 94.3 Å². The highest BCUT2D eigenvalue weighted by molar-refractivity contribution is 7.98. The molecule has 152 valence electrons. The Morgan fingerprint density at radius 3 is 2.67 bits per heavy atom. The molecule has 0 saturated heterocycles. The first-order valence-electron chi connectivity index (χ1n) is 9.40. The number of nitrogens with one attached hydrogen (secondary N) is 1. The summed E-state index contributed by atoms with van der Waals surface area (Å²) in [5.74, 6) is 0.528. The quantitative estimate of drug-likeness (QED) is 0.361. The van der Waals surface area contributed by atoms with Crippen LogP contribution in [-0.2, 0) is 10.5 Å². The van der Waals surface area contributed by atoms with Gasteiger partial charge in [0.2, 0.25) is 0 Å². The Balaban J connectivity index is 1.62. The van der Waals surface area contributed by atoms with Gasteiger partial charge in [-0.15, -0.1) is 0 Å². The summed E-state index contributed by atoms with van der Waals surface area (Å²) < 4.78 is 10.2. The molecular formula is C22H19N3O4S. The monoisotopic (exact) mass is 421 g/mol. The third-order valence-electron chi connectivity index (χ3n) is 4.42. The van der Waals surface area contributed by atoms with Gasteiger partial charge in [0.1, 0.15) is 10.6 Å². The lowest BCUT2D eigenvalue weighted by Crippen LogP contribution is -2.13. The maximum Gasteiger partial charge on any atom is 0.411 e. The second kappa shape index (κ2) is 8.54. The number of aryl methyl sites for hydroxylation is 1. The van der Waals surface area contributed by atoms with Crippen molar-refractivity contribution in [2.24, 2.45) is 0 Å². The van der Waals surface area contributed by atoms with Crippen LogP contribution in [0.3, 0.4) is 0 Å². The maximum atomic E-state index is 12.1. The Hall–Kier alpha value is -3.39. The maximum absolute atomic E-state index is 12.1. The van der Waals surface area contributed by atoms with Crippen LogP contribution < -0.4 is 10.9 Å². The highest BCUT2D eigenvalue weighted by Gasteiger charge is 2.11. The number of anilines is 1. The van der Waals surface area contributed by atoms with Crippen molar-refractivity contribution in [3.05, 3.63) is 70.2 Å². The number of fused-ring (bicyclic) bond motifs is 2. The smallest absolute Gasteiger partial charge is 0.411 e. The zero-order chi connectivity index (χ0) is 21.1. The van der Waals surface area contributed by atoms with Crippen LogP contribution in [0.5, 0.6) is 0 Å². The molecule has 1 amide bonds. The van der Waals surface area contributed by atoms with E-state index in [0.717, 1.165) is 32.7 Å². The van der Waals surface area contributed by atoms with Crippen molar-refractivity contribution in [2.45, 2.75) is 24.6 Å². The number of hydrogen-bond acceptors (Lipinski definition) is 7. The van der Waals surface area contributed by atoms with E-state index in [0.29, 0.717) is 17.0 Å². The highest BCUT2D eigenvalue weighted by Crippen LogP contribution is 2.29. The fraction of sp³-hybridized carbons (Fsp3) is 0.182. The number of aromatic nitrogens is 2. The number of amides is 1. The number of ether oxygens (including phenoxy) is 1. The molecule has 30 heavy (non-hydrogen) atoms. The number of thioether (sulfide) groups is 1. The second-order valence-corrected chi connectivity index (χ2v) is 7.50. The zero-order valence-electron chi connectivity index (χ0n) is 16.5. The SMILES string of the molecule is CCOC(=O)Nc1ccc2c(CSc3nc4ccccc4nc3C)cc(=O)oc2c1. The minimum Gasteiger partial charge on any atom is -0.450 e. The van der Waals surface area contributed by atoms with Crippen LogP contribution in [0.2, 0.25) is 0 Å². The van der Waals surface area contributed by atoms with Crippen molar-refractivity contribution in [1.29, 1.82) is 0 Å². The van der Waals surface area contributed by atoms with E-state index in [1.165, 1.54) is 17.8 Å². The van der Waals surface area contributed by atoms with Gasteiger partial charge in [-0.3, -0.25) is 5.32 Å². The fourth-order valence-electron chi connectivity index (χ4n) is 3.07. The van der Waals surface area contributed by atoms with Gasteiger partial charge < -0.3 is 9.15 Å². The Morgan fingerprint density at radius 2 is 1.90 bits per heavy atom. The van der Waals surface area contributed by atoms with Crippen LogP contribution in [0.1, 0.15) is 18.2 Å². The van der Waals surface area contributed by atoms with E-state index in [9.17, 15) is 9.59 Å². The van der Waals surface area contributed by atoms with Crippen LogP contribution in [0, 0.1) is 6.92 Å². The van der Waals surface area contributed by atoms with Crippen LogP contribution in [-0.4, -0.2) is 22.7 Å². The Kier molecular flexibility index (Phi) is 5.67. The van der Waals surface area contributed by atoms with Crippen molar-refractivity contribution in [1.82, 2.24) is 9.97 Å². The van der Waals surface area contributed by atoms with Crippen molar-refractivity contribution < 1.29 is 13.9 Å². The van der Waals surface area contributed by atoms with Gasteiger partial charge in [-0.2, -0.15) is 0 Å². The minimum absolute atomic E-state index is 0.271. The molecule has 4 aromatic rings. The molecule has 0 bridgehead atoms. The van der Waals surface area contributed by atoms with Gasteiger partial charge in [-0.1, -0.05) is 23.9 Å². The molecule has 2 aromatic carbocycles. The number of carbonyl (C=O) groups is 1. The van der Waals surface area contributed by atoms with E-state index in [1.54, 1.807) is 19.1 Å². The predicted molar refractivity (Wildman–Crippen MR) is 117 cm³/mol. The molecule has 0 aliphatic heterocycles. The van der Waals surface area contributed by atoms with Gasteiger partial charge in [0.05, 0.1) is 23.3 Å². The summed E-state index contributed by atoms with van der Waals surface area (Å²) in [6.07, 6.45) is -0.559. The average molecular weight is 421 g/mol. The van der Waals surface area contributed by atoms with Gasteiger partial charge >= 0.3 is 11.7 Å². The molecule has 0 aliphatic rings. The molecule has 0 fully saturated rings. The van der Waals surface area contributed by atoms with Crippen molar-refractivity contribution >= 4 is 45.5 Å². The van der Waals surface area contributed by atoms with E-state index in [2.05, 4.69) is 10.3 Å². The van der Waals surface area contributed by atoms with Gasteiger partial charge in [0, 0.05) is 29.0 Å². The predicted octanol–water partition coefficient (Wildman–Crippen LogP) is 4.91. The van der Waals surface area contributed by atoms with Crippen molar-refractivity contribution in [3.8, 4) is 0 Å². The summed E-state index contributed by atoms with van der Waals surface area (Å²) in [4.78, 5) is 33.0. The molecule has 0 spiro atoms. The summed E-state index contributed by atoms with van der Waals surface area (Å²) in [5, 5.41) is 4.22. The molecular weight excluding hydrogens is 402 g/mol. The average Bonchev–Trinajstić information content (AvgIpc) is 2.71. The van der Waals surface area contributed by atoms with Crippen LogP contribution in [0.25, 0.3) is 22.0 Å². The number of carbonyl (C=O) groups excluding carboxylic acids is 1. The molecule has 8 heteroatoms. The Morgan fingerprint density at radius 1 is 1.13 bits per heavy atom. The van der Waals surface area contributed by atoms with Gasteiger partial charge in [-0.05, 0) is 43.7 Å². The summed E-state index contributed by atoms with van der Waals surface area (Å²) in [7, 11) is 0. The van der Waals surface area contributed by atoms with E-state index in [-0.39, 0.29) is 6.61 Å². The minimum atomic E-state index is -0.559. The van der Waals surface area contributed by atoms with Crippen molar-refractivity contribution in [2.75, 3.05) is 11.9 Å². The lowest BCUT2D eigenvalue weighted by Gasteiger charge is -2.09. The summed E-state index contributed by atoms with van der Waals surface area (Å²) >= 11 is 1.52. The molecule has 0 saturated carbocycles. The first-order chi connectivity index (χ1) is 14.5. The second-order valence-electron chi connectivity index (χ2n) is 6.54. The zero-order valence-corrected chi connectivity index (χ0v) is 17.3. The van der Waals surface area contributed by atoms with E-state index >= 15 is 0 Å². The van der Waals surface area contributed by atoms with Crippen LogP contribution in [0.4, 0.5) is 10.5 Å². The molecule has 2 heterocycles. The molecule has 2 aromatic heterocycles. The summed E-state index contributed by atoms with van der Waals surface area (Å²) in [6.45, 7) is 3.92. The molecule has 4 rings (SSSR count). The first-order valence-corrected chi connectivity index (χ1v) is 10.4.